The van der Waals surface area contributed by atoms with Gasteiger partial charge >= 0.3 is 5.97 Å². The lowest BCUT2D eigenvalue weighted by atomic mass is 9.99. The molecule has 19 heavy (non-hydrogen) atoms. The number of hydrogen-bond acceptors (Lipinski definition) is 3. The summed E-state index contributed by atoms with van der Waals surface area (Å²) in [6.45, 7) is 9.09. The molecular formula is C16H23NO2. The van der Waals surface area contributed by atoms with Crippen molar-refractivity contribution in [2.24, 2.45) is 11.8 Å². The Kier molecular flexibility index (Phi) is 4.25. The highest BCUT2D eigenvalue weighted by Crippen LogP contribution is 2.26. The summed E-state index contributed by atoms with van der Waals surface area (Å²) in [5, 5.41) is 0. The molecule has 0 saturated carbocycles. The van der Waals surface area contributed by atoms with Crippen LogP contribution in [0.25, 0.3) is 0 Å². The van der Waals surface area contributed by atoms with Crippen molar-refractivity contribution in [1.82, 2.24) is 4.90 Å². The maximum Gasteiger partial charge on any atom is 0.310 e. The number of benzene rings is 1. The molecule has 1 heterocycles. The number of nitrogens with zero attached hydrogens (tertiary/aromatic N) is 1. The molecule has 1 aromatic rings. The standard InChI is InChI=1S/C16H23NO2/c1-11-5-6-12(2)14(7-11)9-17-8-13(3)15(10-17)16(18)19-4/h5-7,13,15H,8-10H2,1-4H3. The van der Waals surface area contributed by atoms with E-state index in [0.717, 1.165) is 19.6 Å². The Bertz CT molecular complexity index is 470. The molecule has 1 saturated heterocycles. The van der Waals surface area contributed by atoms with Crippen LogP contribution < -0.4 is 0 Å². The van der Waals surface area contributed by atoms with E-state index in [-0.39, 0.29) is 11.9 Å². The van der Waals surface area contributed by atoms with Crippen LogP contribution in [0.3, 0.4) is 0 Å². The minimum absolute atomic E-state index is 0.0233. The van der Waals surface area contributed by atoms with Crippen molar-refractivity contribution in [2.75, 3.05) is 20.2 Å². The van der Waals surface area contributed by atoms with Gasteiger partial charge in [-0.05, 0) is 30.9 Å². The Morgan fingerprint density at radius 2 is 2.11 bits per heavy atom. The molecule has 1 fully saturated rings. The summed E-state index contributed by atoms with van der Waals surface area (Å²) in [5.74, 6) is 0.323. The average molecular weight is 261 g/mol. The molecule has 1 aliphatic rings. The van der Waals surface area contributed by atoms with E-state index >= 15 is 0 Å². The Labute approximate surface area is 115 Å². The van der Waals surface area contributed by atoms with E-state index < -0.39 is 0 Å². The molecular weight excluding hydrogens is 238 g/mol. The van der Waals surface area contributed by atoms with Crippen LogP contribution in [0.4, 0.5) is 0 Å². The highest BCUT2D eigenvalue weighted by atomic mass is 16.5. The van der Waals surface area contributed by atoms with Gasteiger partial charge in [-0.15, -0.1) is 0 Å². The van der Waals surface area contributed by atoms with Gasteiger partial charge in [0.05, 0.1) is 13.0 Å². The lowest BCUT2D eigenvalue weighted by Gasteiger charge is -2.17. The fourth-order valence-corrected chi connectivity index (χ4v) is 2.87. The Morgan fingerprint density at radius 1 is 1.37 bits per heavy atom. The third-order valence-electron chi connectivity index (χ3n) is 4.09. The predicted octanol–water partition coefficient (Wildman–Crippen LogP) is 2.54. The molecule has 2 atom stereocenters. The van der Waals surface area contributed by atoms with Gasteiger partial charge in [-0.2, -0.15) is 0 Å². The molecule has 3 heteroatoms. The zero-order valence-corrected chi connectivity index (χ0v) is 12.3. The quantitative estimate of drug-likeness (QED) is 0.783. The number of carbonyl (C=O) groups excluding carboxylic acids is 1. The van der Waals surface area contributed by atoms with Crippen molar-refractivity contribution in [3.63, 3.8) is 0 Å². The van der Waals surface area contributed by atoms with Crippen LogP contribution >= 0.6 is 0 Å². The molecule has 0 bridgehead atoms. The topological polar surface area (TPSA) is 29.5 Å². The predicted molar refractivity (Wildman–Crippen MR) is 75.9 cm³/mol. The Morgan fingerprint density at radius 3 is 2.79 bits per heavy atom. The molecule has 0 spiro atoms. The van der Waals surface area contributed by atoms with Gasteiger partial charge in [0.1, 0.15) is 0 Å². The number of likely N-dealkylation sites (tertiary alicyclic amines) is 1. The number of esters is 1. The molecule has 2 unspecified atom stereocenters. The van der Waals surface area contributed by atoms with E-state index in [1.165, 1.54) is 23.8 Å². The van der Waals surface area contributed by atoms with Gasteiger partial charge in [0.25, 0.3) is 0 Å². The summed E-state index contributed by atoms with van der Waals surface area (Å²) in [7, 11) is 1.47. The van der Waals surface area contributed by atoms with Crippen molar-refractivity contribution in [2.45, 2.75) is 27.3 Å². The second kappa shape index (κ2) is 5.74. The first-order valence-corrected chi connectivity index (χ1v) is 6.87. The molecule has 0 radical (unpaired) electrons. The van der Waals surface area contributed by atoms with Crippen molar-refractivity contribution in [1.29, 1.82) is 0 Å². The highest BCUT2D eigenvalue weighted by molar-refractivity contribution is 5.73. The first-order chi connectivity index (χ1) is 9.01. The van der Waals surface area contributed by atoms with Gasteiger partial charge in [0, 0.05) is 19.6 Å². The summed E-state index contributed by atoms with van der Waals surface area (Å²) >= 11 is 0. The van der Waals surface area contributed by atoms with Crippen molar-refractivity contribution >= 4 is 5.97 Å². The van der Waals surface area contributed by atoms with E-state index in [1.807, 2.05) is 0 Å². The largest absolute Gasteiger partial charge is 0.469 e. The molecule has 0 aliphatic carbocycles. The second-order valence-corrected chi connectivity index (χ2v) is 5.73. The maximum atomic E-state index is 11.7. The second-order valence-electron chi connectivity index (χ2n) is 5.73. The summed E-state index contributed by atoms with van der Waals surface area (Å²) < 4.78 is 4.88. The van der Waals surface area contributed by atoms with Gasteiger partial charge in [0.15, 0.2) is 0 Å². The molecule has 0 amide bonds. The SMILES string of the molecule is COC(=O)C1CN(Cc2cc(C)ccc2C)CC1C. The summed E-state index contributed by atoms with van der Waals surface area (Å²) in [6, 6.07) is 6.55. The Balaban J connectivity index is 2.05. The zero-order chi connectivity index (χ0) is 14.0. The zero-order valence-electron chi connectivity index (χ0n) is 12.3. The summed E-state index contributed by atoms with van der Waals surface area (Å²) in [4.78, 5) is 14.0. The van der Waals surface area contributed by atoms with Crippen LogP contribution in [0, 0.1) is 25.7 Å². The highest BCUT2D eigenvalue weighted by Gasteiger charge is 2.35. The van der Waals surface area contributed by atoms with E-state index in [1.54, 1.807) is 0 Å². The van der Waals surface area contributed by atoms with E-state index in [2.05, 4.69) is 43.9 Å². The fraction of sp³-hybridized carbons (Fsp3) is 0.562. The number of rotatable bonds is 3. The van der Waals surface area contributed by atoms with Crippen molar-refractivity contribution in [3.05, 3.63) is 34.9 Å². The summed E-state index contributed by atoms with van der Waals surface area (Å²) in [5.41, 5.74) is 3.97. The van der Waals surface area contributed by atoms with Gasteiger partial charge in [-0.1, -0.05) is 30.7 Å². The van der Waals surface area contributed by atoms with Gasteiger partial charge in [-0.25, -0.2) is 0 Å². The van der Waals surface area contributed by atoms with Gasteiger partial charge in [0.2, 0.25) is 0 Å². The molecule has 1 aliphatic heterocycles. The number of carbonyl (C=O) groups is 1. The van der Waals surface area contributed by atoms with Crippen molar-refractivity contribution < 1.29 is 9.53 Å². The average Bonchev–Trinajstić information content (AvgIpc) is 2.74. The van der Waals surface area contributed by atoms with Crippen LogP contribution in [0.1, 0.15) is 23.6 Å². The lowest BCUT2D eigenvalue weighted by molar-refractivity contribution is -0.146. The molecule has 1 aromatic carbocycles. The number of aryl methyl sites for hydroxylation is 2. The van der Waals surface area contributed by atoms with Gasteiger partial charge < -0.3 is 4.74 Å². The minimum Gasteiger partial charge on any atom is -0.469 e. The van der Waals surface area contributed by atoms with Crippen LogP contribution in [0.2, 0.25) is 0 Å². The third kappa shape index (κ3) is 3.16. The molecule has 104 valence electrons. The first kappa shape index (κ1) is 14.1. The van der Waals surface area contributed by atoms with Gasteiger partial charge in [-0.3, -0.25) is 9.69 Å². The Hall–Kier alpha value is -1.35. The van der Waals surface area contributed by atoms with Crippen molar-refractivity contribution in [3.8, 4) is 0 Å². The van der Waals surface area contributed by atoms with Crippen LogP contribution in [0.15, 0.2) is 18.2 Å². The minimum atomic E-state index is -0.0732. The number of methoxy groups -OCH3 is 1. The lowest BCUT2D eigenvalue weighted by Crippen LogP contribution is -2.24. The van der Waals surface area contributed by atoms with Crippen LogP contribution in [-0.2, 0) is 16.1 Å². The number of ether oxygens (including phenoxy) is 1. The molecule has 0 N–H and O–H groups in total. The maximum absolute atomic E-state index is 11.7. The molecule has 2 rings (SSSR count). The van der Waals surface area contributed by atoms with E-state index in [4.69, 9.17) is 4.74 Å². The molecule has 3 nitrogen and oxygen atoms in total. The third-order valence-corrected chi connectivity index (χ3v) is 4.09. The first-order valence-electron chi connectivity index (χ1n) is 6.87. The number of hydrogen-bond donors (Lipinski definition) is 0. The molecule has 0 aromatic heterocycles. The smallest absolute Gasteiger partial charge is 0.310 e. The van der Waals surface area contributed by atoms with Crippen LogP contribution in [-0.4, -0.2) is 31.1 Å². The fourth-order valence-electron chi connectivity index (χ4n) is 2.87. The normalized spacial score (nSPS) is 23.6. The van der Waals surface area contributed by atoms with Crippen LogP contribution in [0.5, 0.6) is 0 Å². The summed E-state index contributed by atoms with van der Waals surface area (Å²) in [6.07, 6.45) is 0. The van der Waals surface area contributed by atoms with E-state index in [9.17, 15) is 4.79 Å². The monoisotopic (exact) mass is 261 g/mol. The van der Waals surface area contributed by atoms with E-state index in [0.29, 0.717) is 5.92 Å².